The summed E-state index contributed by atoms with van der Waals surface area (Å²) in [5.74, 6) is -1.35. The van der Waals surface area contributed by atoms with Crippen molar-refractivity contribution in [3.05, 3.63) is 12.7 Å². The third kappa shape index (κ3) is 4.64. The Kier molecular flexibility index (Phi) is 5.60. The van der Waals surface area contributed by atoms with Gasteiger partial charge in [-0.2, -0.15) is 0 Å². The molecule has 0 spiro atoms. The van der Waals surface area contributed by atoms with Crippen molar-refractivity contribution in [3.8, 4) is 0 Å². The molecule has 0 saturated carbocycles. The van der Waals surface area contributed by atoms with Crippen LogP contribution in [0, 0.1) is 5.92 Å². The number of carbonyl (C=O) groups is 2. The largest absolute Gasteiger partial charge is 0.480 e. The predicted molar refractivity (Wildman–Crippen MR) is 53.8 cm³/mol. The number of rotatable bonds is 6. The average molecular weight is 199 g/mol. The van der Waals surface area contributed by atoms with Crippen LogP contribution in [0.1, 0.15) is 26.7 Å². The molecule has 1 atom stereocenters. The van der Waals surface area contributed by atoms with E-state index in [0.29, 0.717) is 12.8 Å². The summed E-state index contributed by atoms with van der Waals surface area (Å²) >= 11 is 0. The van der Waals surface area contributed by atoms with Gasteiger partial charge in [0.15, 0.2) is 0 Å². The molecule has 0 aliphatic rings. The lowest BCUT2D eigenvalue weighted by Crippen LogP contribution is -2.44. The minimum atomic E-state index is -0.994. The van der Waals surface area contributed by atoms with Gasteiger partial charge in [-0.25, -0.2) is 4.79 Å². The number of hydrogen-bond donors (Lipinski definition) is 2. The summed E-state index contributed by atoms with van der Waals surface area (Å²) in [4.78, 5) is 21.9. The smallest absolute Gasteiger partial charge is 0.326 e. The molecule has 0 rings (SSSR count). The molecular formula is C10H17NO3. The van der Waals surface area contributed by atoms with Crippen LogP contribution in [-0.4, -0.2) is 23.0 Å². The van der Waals surface area contributed by atoms with Gasteiger partial charge in [-0.15, -0.1) is 6.58 Å². The maximum Gasteiger partial charge on any atom is 0.326 e. The molecule has 0 radical (unpaired) electrons. The molecule has 0 fully saturated rings. The highest BCUT2D eigenvalue weighted by molar-refractivity contribution is 5.83. The lowest BCUT2D eigenvalue weighted by molar-refractivity contribution is -0.143. The summed E-state index contributed by atoms with van der Waals surface area (Å²) in [5.41, 5.74) is 0. The van der Waals surface area contributed by atoms with Crippen LogP contribution in [0.15, 0.2) is 12.7 Å². The fraction of sp³-hybridized carbons (Fsp3) is 0.600. The molecule has 0 bridgehead atoms. The summed E-state index contributed by atoms with van der Waals surface area (Å²) in [7, 11) is 0. The summed E-state index contributed by atoms with van der Waals surface area (Å²) in [5, 5.41) is 11.2. The van der Waals surface area contributed by atoms with E-state index in [1.54, 1.807) is 19.9 Å². The molecule has 0 unspecified atom stereocenters. The molecule has 0 aromatic carbocycles. The Labute approximate surface area is 84.0 Å². The first-order valence-corrected chi connectivity index (χ1v) is 4.62. The maximum atomic E-state index is 11.2. The zero-order valence-electron chi connectivity index (χ0n) is 8.62. The zero-order chi connectivity index (χ0) is 11.1. The van der Waals surface area contributed by atoms with Crippen LogP contribution in [0.4, 0.5) is 0 Å². The molecule has 1 amide bonds. The summed E-state index contributed by atoms with van der Waals surface area (Å²) in [6, 6.07) is -0.799. The topological polar surface area (TPSA) is 66.4 Å². The van der Waals surface area contributed by atoms with Crippen molar-refractivity contribution < 1.29 is 14.7 Å². The second-order valence-electron chi connectivity index (χ2n) is 3.45. The second kappa shape index (κ2) is 6.18. The third-order valence-electron chi connectivity index (χ3n) is 1.82. The summed E-state index contributed by atoms with van der Waals surface area (Å²) < 4.78 is 0. The Bertz CT molecular complexity index is 223. The van der Waals surface area contributed by atoms with Crippen LogP contribution in [0.25, 0.3) is 0 Å². The van der Waals surface area contributed by atoms with Gasteiger partial charge in [0.2, 0.25) is 5.91 Å². The first-order chi connectivity index (χ1) is 6.49. The van der Waals surface area contributed by atoms with Gasteiger partial charge in [0.1, 0.15) is 6.04 Å². The van der Waals surface area contributed by atoms with Crippen molar-refractivity contribution >= 4 is 11.9 Å². The third-order valence-corrected chi connectivity index (χ3v) is 1.82. The van der Waals surface area contributed by atoms with Gasteiger partial charge in [0.25, 0.3) is 0 Å². The predicted octanol–water partition coefficient (Wildman–Crippen LogP) is 1.18. The van der Waals surface area contributed by atoms with E-state index in [0.717, 1.165) is 0 Å². The molecule has 0 saturated heterocycles. The molecule has 0 aliphatic heterocycles. The van der Waals surface area contributed by atoms with Crippen molar-refractivity contribution in [3.63, 3.8) is 0 Å². The number of allylic oxidation sites excluding steroid dienone is 1. The van der Waals surface area contributed by atoms with Gasteiger partial charge in [-0.1, -0.05) is 19.9 Å². The number of nitrogens with one attached hydrogen (secondary N) is 1. The standard InChI is InChI=1S/C10H17NO3/c1-4-5-6-8(12)11-9(7(2)3)10(13)14/h4,7,9H,1,5-6H2,2-3H3,(H,11,12)(H,13,14)/t9-/m0/s1. The molecule has 4 nitrogen and oxygen atoms in total. The fourth-order valence-electron chi connectivity index (χ4n) is 0.992. The first kappa shape index (κ1) is 12.7. The molecule has 0 aromatic rings. The summed E-state index contributed by atoms with van der Waals surface area (Å²) in [6.45, 7) is 7.00. The Morgan fingerprint density at radius 3 is 2.43 bits per heavy atom. The molecule has 0 heterocycles. The molecular weight excluding hydrogens is 182 g/mol. The highest BCUT2D eigenvalue weighted by Crippen LogP contribution is 2.02. The van der Waals surface area contributed by atoms with Gasteiger partial charge in [-0.05, 0) is 12.3 Å². The van der Waals surface area contributed by atoms with Crippen LogP contribution < -0.4 is 5.32 Å². The highest BCUT2D eigenvalue weighted by Gasteiger charge is 2.22. The van der Waals surface area contributed by atoms with Crippen LogP contribution in [-0.2, 0) is 9.59 Å². The van der Waals surface area contributed by atoms with E-state index in [4.69, 9.17) is 5.11 Å². The van der Waals surface area contributed by atoms with E-state index in [1.807, 2.05) is 0 Å². The van der Waals surface area contributed by atoms with Crippen LogP contribution in [0.3, 0.4) is 0 Å². The normalized spacial score (nSPS) is 12.2. The van der Waals surface area contributed by atoms with Crippen LogP contribution in [0.5, 0.6) is 0 Å². The Balaban J connectivity index is 4.09. The van der Waals surface area contributed by atoms with E-state index in [1.165, 1.54) is 0 Å². The summed E-state index contributed by atoms with van der Waals surface area (Å²) in [6.07, 6.45) is 2.49. The van der Waals surface area contributed by atoms with Crippen molar-refractivity contribution in [2.45, 2.75) is 32.7 Å². The van der Waals surface area contributed by atoms with E-state index in [-0.39, 0.29) is 11.8 Å². The lowest BCUT2D eigenvalue weighted by Gasteiger charge is -2.17. The number of hydrogen-bond acceptors (Lipinski definition) is 2. The number of carboxylic acids is 1. The van der Waals surface area contributed by atoms with Gasteiger partial charge >= 0.3 is 5.97 Å². The van der Waals surface area contributed by atoms with Crippen molar-refractivity contribution in [1.29, 1.82) is 0 Å². The van der Waals surface area contributed by atoms with Crippen molar-refractivity contribution in [2.75, 3.05) is 0 Å². The fourth-order valence-corrected chi connectivity index (χ4v) is 0.992. The van der Waals surface area contributed by atoms with E-state index in [2.05, 4.69) is 11.9 Å². The molecule has 4 heteroatoms. The van der Waals surface area contributed by atoms with E-state index >= 15 is 0 Å². The Morgan fingerprint density at radius 2 is 2.07 bits per heavy atom. The Hall–Kier alpha value is -1.32. The molecule has 0 aromatic heterocycles. The number of carboxylic acid groups (broad SMARTS) is 1. The molecule has 14 heavy (non-hydrogen) atoms. The molecule has 2 N–H and O–H groups in total. The quantitative estimate of drug-likeness (QED) is 0.631. The SMILES string of the molecule is C=CCCC(=O)N[C@H](C(=O)O)C(C)C. The van der Waals surface area contributed by atoms with Crippen LogP contribution in [0.2, 0.25) is 0 Å². The highest BCUT2D eigenvalue weighted by atomic mass is 16.4. The maximum absolute atomic E-state index is 11.2. The molecule has 80 valence electrons. The van der Waals surface area contributed by atoms with E-state index in [9.17, 15) is 9.59 Å². The average Bonchev–Trinajstić information content (AvgIpc) is 2.09. The lowest BCUT2D eigenvalue weighted by atomic mass is 10.0. The monoisotopic (exact) mass is 199 g/mol. The van der Waals surface area contributed by atoms with Crippen LogP contribution >= 0.6 is 0 Å². The number of aliphatic carboxylic acids is 1. The van der Waals surface area contributed by atoms with Crippen molar-refractivity contribution in [2.24, 2.45) is 5.92 Å². The molecule has 0 aliphatic carbocycles. The van der Waals surface area contributed by atoms with Gasteiger partial charge in [0.05, 0.1) is 0 Å². The van der Waals surface area contributed by atoms with Crippen molar-refractivity contribution in [1.82, 2.24) is 5.32 Å². The van der Waals surface area contributed by atoms with E-state index < -0.39 is 12.0 Å². The minimum Gasteiger partial charge on any atom is -0.480 e. The van der Waals surface area contributed by atoms with Gasteiger partial charge in [0, 0.05) is 6.42 Å². The first-order valence-electron chi connectivity index (χ1n) is 4.62. The number of carbonyl (C=O) groups excluding carboxylic acids is 1. The Morgan fingerprint density at radius 1 is 1.50 bits per heavy atom. The van der Waals surface area contributed by atoms with Gasteiger partial charge in [-0.3, -0.25) is 4.79 Å². The zero-order valence-corrected chi connectivity index (χ0v) is 8.62. The minimum absolute atomic E-state index is 0.111. The second-order valence-corrected chi connectivity index (χ2v) is 3.45. The van der Waals surface area contributed by atoms with Gasteiger partial charge < -0.3 is 10.4 Å². The number of amides is 1.